The summed E-state index contributed by atoms with van der Waals surface area (Å²) in [4.78, 5) is 0.734. The fourth-order valence-electron chi connectivity index (χ4n) is 2.49. The molecule has 0 saturated heterocycles. The molecule has 1 aromatic heterocycles. The molecule has 3 rings (SSSR count). The van der Waals surface area contributed by atoms with Crippen molar-refractivity contribution in [1.29, 1.82) is 5.41 Å². The SMILES string of the molecule is CSc1sc(C(=N)N)cc1NS(=O)(=O)c1ccccc1-c1ccccc1. The van der Waals surface area contributed by atoms with Gasteiger partial charge in [-0.25, -0.2) is 8.42 Å². The molecule has 0 spiro atoms. The van der Waals surface area contributed by atoms with E-state index < -0.39 is 10.0 Å². The number of hydrogen-bond acceptors (Lipinski definition) is 5. The number of nitrogens with two attached hydrogens (primary N) is 1. The first-order chi connectivity index (χ1) is 12.4. The van der Waals surface area contributed by atoms with E-state index >= 15 is 0 Å². The smallest absolute Gasteiger partial charge is 0.262 e. The molecule has 0 fully saturated rings. The average molecular weight is 404 g/mol. The van der Waals surface area contributed by atoms with Crippen LogP contribution in [-0.4, -0.2) is 20.5 Å². The maximum atomic E-state index is 13.0. The molecule has 0 aliphatic rings. The highest BCUT2D eigenvalue weighted by Gasteiger charge is 2.22. The van der Waals surface area contributed by atoms with E-state index in [1.54, 1.807) is 24.3 Å². The first-order valence-electron chi connectivity index (χ1n) is 7.62. The molecule has 0 amide bonds. The second-order valence-corrected chi connectivity index (χ2v) is 9.18. The summed E-state index contributed by atoms with van der Waals surface area (Å²) in [5.41, 5.74) is 7.43. The number of sulfonamides is 1. The van der Waals surface area contributed by atoms with Crippen molar-refractivity contribution >= 4 is 44.6 Å². The summed E-state index contributed by atoms with van der Waals surface area (Å²) in [5, 5.41) is 7.56. The zero-order chi connectivity index (χ0) is 18.7. The lowest BCUT2D eigenvalue weighted by atomic mass is 10.1. The summed E-state index contributed by atoms with van der Waals surface area (Å²) in [5.74, 6) is -0.0829. The second-order valence-electron chi connectivity index (χ2n) is 5.40. The van der Waals surface area contributed by atoms with Gasteiger partial charge in [0.2, 0.25) is 0 Å². The summed E-state index contributed by atoms with van der Waals surface area (Å²) < 4.78 is 29.5. The summed E-state index contributed by atoms with van der Waals surface area (Å²) in [6, 6.07) is 17.9. The zero-order valence-corrected chi connectivity index (χ0v) is 16.3. The van der Waals surface area contributed by atoms with Crippen LogP contribution < -0.4 is 10.5 Å². The number of benzene rings is 2. The van der Waals surface area contributed by atoms with E-state index in [9.17, 15) is 8.42 Å². The summed E-state index contributed by atoms with van der Waals surface area (Å²) in [6.07, 6.45) is 1.85. The molecular formula is C18H17N3O2S3. The number of nitrogens with one attached hydrogen (secondary N) is 2. The minimum atomic E-state index is -3.81. The van der Waals surface area contributed by atoms with E-state index in [0.717, 1.165) is 9.77 Å². The van der Waals surface area contributed by atoms with Crippen molar-refractivity contribution in [1.82, 2.24) is 0 Å². The van der Waals surface area contributed by atoms with Gasteiger partial charge in [0.15, 0.2) is 0 Å². The van der Waals surface area contributed by atoms with Gasteiger partial charge < -0.3 is 5.73 Å². The highest BCUT2D eigenvalue weighted by Crippen LogP contribution is 2.37. The Labute approximate surface area is 160 Å². The Morgan fingerprint density at radius 2 is 1.77 bits per heavy atom. The van der Waals surface area contributed by atoms with Crippen molar-refractivity contribution in [2.75, 3.05) is 11.0 Å². The van der Waals surface area contributed by atoms with Crippen LogP contribution in [0.5, 0.6) is 0 Å². The number of rotatable bonds is 6. The van der Waals surface area contributed by atoms with Crippen LogP contribution in [0.15, 0.2) is 69.8 Å². The molecule has 0 aliphatic carbocycles. The van der Waals surface area contributed by atoms with Gasteiger partial charge in [-0.05, 0) is 24.0 Å². The van der Waals surface area contributed by atoms with Crippen LogP contribution >= 0.6 is 23.1 Å². The molecular weight excluding hydrogens is 386 g/mol. The molecule has 3 aromatic rings. The third-order valence-corrected chi connectivity index (χ3v) is 7.38. The highest BCUT2D eigenvalue weighted by atomic mass is 32.2. The van der Waals surface area contributed by atoms with Gasteiger partial charge in [0.25, 0.3) is 10.0 Å². The van der Waals surface area contributed by atoms with Gasteiger partial charge in [-0.3, -0.25) is 10.1 Å². The lowest BCUT2D eigenvalue weighted by molar-refractivity contribution is 0.601. The Kier molecular flexibility index (Phi) is 5.36. The Morgan fingerprint density at radius 1 is 1.12 bits per heavy atom. The summed E-state index contributed by atoms with van der Waals surface area (Å²) in [7, 11) is -3.81. The van der Waals surface area contributed by atoms with Crippen LogP contribution in [0.3, 0.4) is 0 Å². The highest BCUT2D eigenvalue weighted by molar-refractivity contribution is 8.00. The van der Waals surface area contributed by atoms with Crippen molar-refractivity contribution in [3.63, 3.8) is 0 Å². The first-order valence-corrected chi connectivity index (χ1v) is 11.1. The number of thiophene rings is 1. The third kappa shape index (κ3) is 3.77. The minimum absolute atomic E-state index is 0.0829. The number of amidine groups is 1. The molecule has 0 bridgehead atoms. The molecule has 0 radical (unpaired) electrons. The van der Waals surface area contributed by atoms with Crippen LogP contribution in [0.4, 0.5) is 5.69 Å². The van der Waals surface area contributed by atoms with Crippen LogP contribution in [0.1, 0.15) is 4.88 Å². The van der Waals surface area contributed by atoms with Gasteiger partial charge in [0.05, 0.1) is 19.7 Å². The van der Waals surface area contributed by atoms with Crippen molar-refractivity contribution in [2.24, 2.45) is 5.73 Å². The van der Waals surface area contributed by atoms with Gasteiger partial charge in [0, 0.05) is 5.56 Å². The standard InChI is InChI=1S/C18H17N3O2S3/c1-24-18-14(11-15(25-18)17(19)20)21-26(22,23)16-10-6-5-9-13(16)12-7-3-2-4-8-12/h2-11,21H,1H3,(H3,19,20). The number of hydrogen-bond donors (Lipinski definition) is 3. The van der Waals surface area contributed by atoms with Crippen molar-refractivity contribution in [3.8, 4) is 11.1 Å². The Hall–Kier alpha value is -2.29. The molecule has 0 aliphatic heterocycles. The topological polar surface area (TPSA) is 96.0 Å². The summed E-state index contributed by atoms with van der Waals surface area (Å²) >= 11 is 2.70. The van der Waals surface area contributed by atoms with E-state index in [4.69, 9.17) is 11.1 Å². The molecule has 0 atom stereocenters. The molecule has 2 aromatic carbocycles. The predicted octanol–water partition coefficient (Wildman–Crippen LogP) is 4.22. The van der Waals surface area contributed by atoms with E-state index in [1.807, 2.05) is 42.7 Å². The van der Waals surface area contributed by atoms with E-state index in [-0.39, 0.29) is 10.7 Å². The van der Waals surface area contributed by atoms with Crippen LogP contribution in [0, 0.1) is 5.41 Å². The zero-order valence-electron chi connectivity index (χ0n) is 13.9. The molecule has 134 valence electrons. The lowest BCUT2D eigenvalue weighted by Gasteiger charge is -2.12. The van der Waals surface area contributed by atoms with Crippen molar-refractivity contribution in [2.45, 2.75) is 9.10 Å². The van der Waals surface area contributed by atoms with Crippen LogP contribution in [0.2, 0.25) is 0 Å². The first kappa shape index (κ1) is 18.5. The molecule has 0 saturated carbocycles. The molecule has 1 heterocycles. The fourth-order valence-corrected chi connectivity index (χ4v) is 5.55. The van der Waals surface area contributed by atoms with E-state index in [0.29, 0.717) is 16.1 Å². The third-order valence-electron chi connectivity index (χ3n) is 3.65. The Balaban J connectivity index is 2.04. The second kappa shape index (κ2) is 7.53. The normalized spacial score (nSPS) is 11.3. The summed E-state index contributed by atoms with van der Waals surface area (Å²) in [6.45, 7) is 0. The lowest BCUT2D eigenvalue weighted by Crippen LogP contribution is -2.14. The van der Waals surface area contributed by atoms with Gasteiger partial charge in [-0.2, -0.15) is 0 Å². The van der Waals surface area contributed by atoms with Crippen LogP contribution in [0.25, 0.3) is 11.1 Å². The van der Waals surface area contributed by atoms with Crippen molar-refractivity contribution < 1.29 is 8.42 Å². The molecule has 5 nitrogen and oxygen atoms in total. The maximum Gasteiger partial charge on any atom is 0.262 e. The predicted molar refractivity (Wildman–Crippen MR) is 110 cm³/mol. The van der Waals surface area contributed by atoms with Gasteiger partial charge >= 0.3 is 0 Å². The van der Waals surface area contributed by atoms with Gasteiger partial charge in [-0.15, -0.1) is 23.1 Å². The minimum Gasteiger partial charge on any atom is -0.383 e. The van der Waals surface area contributed by atoms with E-state index in [1.165, 1.54) is 23.1 Å². The van der Waals surface area contributed by atoms with Gasteiger partial charge in [0.1, 0.15) is 5.84 Å². The van der Waals surface area contributed by atoms with Crippen LogP contribution in [-0.2, 0) is 10.0 Å². The van der Waals surface area contributed by atoms with E-state index in [2.05, 4.69) is 4.72 Å². The maximum absolute atomic E-state index is 13.0. The number of anilines is 1. The molecule has 8 heteroatoms. The largest absolute Gasteiger partial charge is 0.383 e. The Bertz CT molecular complexity index is 1040. The molecule has 0 unspecified atom stereocenters. The quantitative estimate of drug-likeness (QED) is 0.326. The molecule has 4 N–H and O–H groups in total. The average Bonchev–Trinajstić information content (AvgIpc) is 3.05. The van der Waals surface area contributed by atoms with Gasteiger partial charge in [-0.1, -0.05) is 48.5 Å². The number of nitrogen functional groups attached to an aromatic ring is 1. The fraction of sp³-hybridized carbons (Fsp3) is 0.0556. The number of thioether (sulfide) groups is 1. The molecule has 26 heavy (non-hydrogen) atoms. The Morgan fingerprint density at radius 3 is 2.42 bits per heavy atom. The monoisotopic (exact) mass is 403 g/mol. The van der Waals surface area contributed by atoms with Crippen molar-refractivity contribution in [3.05, 3.63) is 65.5 Å².